The average molecular weight is 457 g/mol. The average Bonchev–Trinajstić information content (AvgIpc) is 3.30. The minimum absolute atomic E-state index is 0.0789. The van der Waals surface area contributed by atoms with Crippen LogP contribution < -0.4 is 5.32 Å². The molecule has 3 heterocycles. The van der Waals surface area contributed by atoms with Gasteiger partial charge in [-0.1, -0.05) is 6.07 Å². The Bertz CT molecular complexity index is 914. The fourth-order valence-corrected chi connectivity index (χ4v) is 5.71. The lowest BCUT2D eigenvalue weighted by atomic mass is 9.79. The summed E-state index contributed by atoms with van der Waals surface area (Å²) in [6.45, 7) is 4.02. The minimum atomic E-state index is -0.464. The summed E-state index contributed by atoms with van der Waals surface area (Å²) in [5.74, 6) is 2.29. The number of hydrogen-bond acceptors (Lipinski definition) is 4. The van der Waals surface area contributed by atoms with Crippen LogP contribution in [0.2, 0.25) is 0 Å². The first kappa shape index (κ1) is 23.2. The highest BCUT2D eigenvalue weighted by molar-refractivity contribution is 7.98. The molecular formula is C25H36N4O2S. The van der Waals surface area contributed by atoms with Crippen molar-refractivity contribution >= 4 is 34.5 Å². The van der Waals surface area contributed by atoms with Gasteiger partial charge in [0.1, 0.15) is 6.04 Å². The number of nitrogens with zero attached hydrogens (tertiary/aromatic N) is 2. The Kier molecular flexibility index (Phi) is 7.79. The van der Waals surface area contributed by atoms with E-state index in [0.29, 0.717) is 12.0 Å². The number of amides is 2. The summed E-state index contributed by atoms with van der Waals surface area (Å²) in [7, 11) is 2.21. The first-order valence-corrected chi connectivity index (χ1v) is 13.3. The quantitative estimate of drug-likeness (QED) is 0.668. The molecule has 0 saturated carbocycles. The molecule has 2 amide bonds. The van der Waals surface area contributed by atoms with Gasteiger partial charge in [-0.15, -0.1) is 0 Å². The molecule has 0 bridgehead atoms. The number of fused-ring (bicyclic) bond motifs is 1. The number of nitrogens with one attached hydrogen (secondary N) is 2. The van der Waals surface area contributed by atoms with Crippen LogP contribution in [0.15, 0.2) is 30.5 Å². The molecule has 2 aromatic rings. The molecule has 1 aromatic heterocycles. The molecule has 174 valence electrons. The van der Waals surface area contributed by atoms with E-state index >= 15 is 0 Å². The molecule has 0 radical (unpaired) electrons. The number of H-pyrrole nitrogens is 1. The first-order chi connectivity index (χ1) is 15.5. The molecule has 4 rings (SSSR count). The maximum Gasteiger partial charge on any atom is 0.252 e. The summed E-state index contributed by atoms with van der Waals surface area (Å²) in [6.07, 6.45) is 9.31. The second-order valence-electron chi connectivity index (χ2n) is 9.39. The number of likely N-dealkylation sites (tertiary alicyclic amines) is 2. The number of carbonyl (C=O) groups excluding carboxylic acids is 2. The van der Waals surface area contributed by atoms with E-state index in [0.717, 1.165) is 54.4 Å². The van der Waals surface area contributed by atoms with E-state index < -0.39 is 6.04 Å². The van der Waals surface area contributed by atoms with Crippen LogP contribution in [0.3, 0.4) is 0 Å². The molecule has 7 heteroatoms. The third kappa shape index (κ3) is 5.49. The molecule has 6 nitrogen and oxygen atoms in total. The lowest BCUT2D eigenvalue weighted by Crippen LogP contribution is -2.51. The van der Waals surface area contributed by atoms with E-state index in [9.17, 15) is 9.59 Å². The fraction of sp³-hybridized carbons (Fsp3) is 0.600. The Hall–Kier alpha value is -1.99. The molecular weight excluding hydrogens is 420 g/mol. The smallest absolute Gasteiger partial charge is 0.252 e. The molecule has 0 unspecified atom stereocenters. The van der Waals surface area contributed by atoms with Gasteiger partial charge in [-0.2, -0.15) is 11.8 Å². The molecule has 0 spiro atoms. The molecule has 1 aromatic carbocycles. The largest absolute Gasteiger partial charge is 0.361 e. The second-order valence-corrected chi connectivity index (χ2v) is 10.4. The molecule has 1 atom stereocenters. The Labute approximate surface area is 195 Å². The summed E-state index contributed by atoms with van der Waals surface area (Å²) in [4.78, 5) is 33.9. The third-order valence-electron chi connectivity index (χ3n) is 7.31. The molecule has 2 N–H and O–H groups in total. The van der Waals surface area contributed by atoms with E-state index in [4.69, 9.17) is 0 Å². The zero-order valence-electron chi connectivity index (χ0n) is 19.3. The highest BCUT2D eigenvalue weighted by Crippen LogP contribution is 2.32. The summed E-state index contributed by atoms with van der Waals surface area (Å²) in [6, 6.07) is 7.14. The van der Waals surface area contributed by atoms with E-state index in [2.05, 4.69) is 22.2 Å². The molecule has 2 fully saturated rings. The Morgan fingerprint density at radius 2 is 1.78 bits per heavy atom. The third-order valence-corrected chi connectivity index (χ3v) is 7.96. The Morgan fingerprint density at radius 1 is 1.09 bits per heavy atom. The minimum Gasteiger partial charge on any atom is -0.361 e. The Morgan fingerprint density at radius 3 is 2.47 bits per heavy atom. The predicted molar refractivity (Wildman–Crippen MR) is 132 cm³/mol. The lowest BCUT2D eigenvalue weighted by Gasteiger charge is -2.40. The number of piperidine rings is 2. The number of benzene rings is 1. The van der Waals surface area contributed by atoms with Gasteiger partial charge in [0.25, 0.3) is 5.91 Å². The summed E-state index contributed by atoms with van der Waals surface area (Å²) in [5, 5.41) is 4.11. The normalized spacial score (nSPS) is 19.9. The van der Waals surface area contributed by atoms with Gasteiger partial charge in [0.2, 0.25) is 5.91 Å². The summed E-state index contributed by atoms with van der Waals surface area (Å²) >= 11 is 1.71. The molecule has 2 aliphatic heterocycles. The standard InChI is InChI=1S/C25H36N4O2S/c1-28-12-6-18(7-13-28)19-8-14-29(15-9-19)25(31)22(10-16-32-2)27-24(30)21-4-3-20-5-11-26-23(20)17-21/h3-5,11,17-19,22,26H,6-10,12-16H2,1-2H3,(H,27,30)/t22-/m0/s1. The number of aromatic amines is 1. The molecule has 2 aliphatic rings. The van der Waals surface area contributed by atoms with Crippen LogP contribution in [0.5, 0.6) is 0 Å². The van der Waals surface area contributed by atoms with Crippen LogP contribution in [0.25, 0.3) is 10.9 Å². The molecule has 32 heavy (non-hydrogen) atoms. The Balaban J connectivity index is 1.35. The number of carbonyl (C=O) groups is 2. The van der Waals surface area contributed by atoms with Gasteiger partial charge in [0.15, 0.2) is 0 Å². The summed E-state index contributed by atoms with van der Waals surface area (Å²) < 4.78 is 0. The van der Waals surface area contributed by atoms with Gasteiger partial charge in [-0.05, 0) is 99.7 Å². The maximum atomic E-state index is 13.4. The van der Waals surface area contributed by atoms with Gasteiger partial charge in [0, 0.05) is 30.4 Å². The van der Waals surface area contributed by atoms with E-state index in [1.54, 1.807) is 11.8 Å². The topological polar surface area (TPSA) is 68.4 Å². The van der Waals surface area contributed by atoms with Crippen molar-refractivity contribution < 1.29 is 9.59 Å². The van der Waals surface area contributed by atoms with Crippen molar-refractivity contribution in [2.75, 3.05) is 45.2 Å². The van der Waals surface area contributed by atoms with Crippen molar-refractivity contribution in [3.63, 3.8) is 0 Å². The zero-order valence-corrected chi connectivity index (χ0v) is 20.1. The van der Waals surface area contributed by atoms with Crippen molar-refractivity contribution in [1.29, 1.82) is 0 Å². The van der Waals surface area contributed by atoms with Crippen LogP contribution in [0.1, 0.15) is 42.5 Å². The fourth-order valence-electron chi connectivity index (χ4n) is 5.24. The summed E-state index contributed by atoms with van der Waals surface area (Å²) in [5.41, 5.74) is 1.52. The predicted octanol–water partition coefficient (Wildman–Crippen LogP) is 3.60. The number of hydrogen-bond donors (Lipinski definition) is 2. The van der Waals surface area contributed by atoms with Crippen molar-refractivity contribution in [3.05, 3.63) is 36.0 Å². The van der Waals surface area contributed by atoms with Gasteiger partial charge >= 0.3 is 0 Å². The SMILES string of the molecule is CSCC[C@H](NC(=O)c1ccc2cc[nH]c2c1)C(=O)N1CCC(C2CCN(C)CC2)CC1. The van der Waals surface area contributed by atoms with E-state index in [1.807, 2.05) is 41.6 Å². The van der Waals surface area contributed by atoms with E-state index in [-0.39, 0.29) is 11.8 Å². The number of rotatable bonds is 7. The van der Waals surface area contributed by atoms with Crippen molar-refractivity contribution in [3.8, 4) is 0 Å². The van der Waals surface area contributed by atoms with Crippen LogP contribution in [-0.4, -0.2) is 77.9 Å². The van der Waals surface area contributed by atoms with Gasteiger partial charge in [-0.25, -0.2) is 0 Å². The van der Waals surface area contributed by atoms with Crippen LogP contribution in [-0.2, 0) is 4.79 Å². The van der Waals surface area contributed by atoms with Gasteiger partial charge < -0.3 is 20.1 Å². The number of thioether (sulfide) groups is 1. The van der Waals surface area contributed by atoms with Crippen molar-refractivity contribution in [2.45, 2.75) is 38.1 Å². The van der Waals surface area contributed by atoms with E-state index in [1.165, 1.54) is 25.9 Å². The van der Waals surface area contributed by atoms with Crippen LogP contribution >= 0.6 is 11.8 Å². The highest BCUT2D eigenvalue weighted by Gasteiger charge is 2.33. The van der Waals surface area contributed by atoms with Gasteiger partial charge in [0.05, 0.1) is 0 Å². The zero-order chi connectivity index (χ0) is 22.5. The number of aromatic nitrogens is 1. The molecule has 2 saturated heterocycles. The lowest BCUT2D eigenvalue weighted by molar-refractivity contribution is -0.135. The molecule has 0 aliphatic carbocycles. The monoisotopic (exact) mass is 456 g/mol. The van der Waals surface area contributed by atoms with Crippen molar-refractivity contribution in [1.82, 2.24) is 20.1 Å². The highest BCUT2D eigenvalue weighted by atomic mass is 32.2. The second kappa shape index (κ2) is 10.8. The van der Waals surface area contributed by atoms with Crippen molar-refractivity contribution in [2.24, 2.45) is 11.8 Å². The van der Waals surface area contributed by atoms with Crippen LogP contribution in [0, 0.1) is 11.8 Å². The van der Waals surface area contributed by atoms with Gasteiger partial charge in [-0.3, -0.25) is 9.59 Å². The van der Waals surface area contributed by atoms with Crippen LogP contribution in [0.4, 0.5) is 0 Å². The first-order valence-electron chi connectivity index (χ1n) is 11.9. The maximum absolute atomic E-state index is 13.4.